The van der Waals surface area contributed by atoms with Crippen LogP contribution in [0.5, 0.6) is 0 Å². The second-order valence-electron chi connectivity index (χ2n) is 6.23. The van der Waals surface area contributed by atoms with Crippen molar-refractivity contribution in [3.63, 3.8) is 0 Å². The Morgan fingerprint density at radius 3 is 2.48 bits per heavy atom. The smallest absolute Gasteiger partial charge is 0.267 e. The molecule has 4 heteroatoms. The third kappa shape index (κ3) is 5.22. The van der Waals surface area contributed by atoms with Crippen LogP contribution < -0.4 is 10.6 Å². The minimum absolute atomic E-state index is 0.0469. The largest absolute Gasteiger partial charge is 0.386 e. The fourth-order valence-corrected chi connectivity index (χ4v) is 2.43. The van der Waals surface area contributed by atoms with Crippen molar-refractivity contribution in [3.05, 3.63) is 77.0 Å². The van der Waals surface area contributed by atoms with Crippen molar-refractivity contribution in [2.75, 3.05) is 5.32 Å². The summed E-state index contributed by atoms with van der Waals surface area (Å²) in [5.41, 5.74) is 4.11. The topological polar surface area (TPSA) is 64.9 Å². The number of carbonyl (C=O) groups is 1. The van der Waals surface area contributed by atoms with Gasteiger partial charge in [0.25, 0.3) is 5.91 Å². The average molecular weight is 333 g/mol. The Hall–Kier alpha value is -3.06. The molecule has 25 heavy (non-hydrogen) atoms. The summed E-state index contributed by atoms with van der Waals surface area (Å²) in [5, 5.41) is 15.1. The zero-order valence-electron chi connectivity index (χ0n) is 14.8. The van der Waals surface area contributed by atoms with Crippen molar-refractivity contribution in [1.29, 1.82) is 5.26 Å². The molecule has 2 aromatic rings. The fourth-order valence-electron chi connectivity index (χ4n) is 2.43. The summed E-state index contributed by atoms with van der Waals surface area (Å²) in [4.78, 5) is 12.4. The predicted octanol–water partition coefficient (Wildman–Crippen LogP) is 4.25. The first-order chi connectivity index (χ1) is 12.0. The lowest BCUT2D eigenvalue weighted by Gasteiger charge is -2.13. The fraction of sp³-hybridized carbons (Fsp3) is 0.238. The van der Waals surface area contributed by atoms with Gasteiger partial charge in [-0.1, -0.05) is 61.9 Å². The first kappa shape index (κ1) is 18.3. The van der Waals surface area contributed by atoms with Gasteiger partial charge in [0.2, 0.25) is 0 Å². The summed E-state index contributed by atoms with van der Waals surface area (Å²) in [6.07, 6.45) is 1.47. The Balaban J connectivity index is 2.03. The molecule has 2 rings (SSSR count). The summed E-state index contributed by atoms with van der Waals surface area (Å²) in [7, 11) is 0. The third-order valence-corrected chi connectivity index (χ3v) is 3.87. The van der Waals surface area contributed by atoms with Gasteiger partial charge in [0.05, 0.1) is 0 Å². The Kier molecular flexibility index (Phi) is 6.36. The highest BCUT2D eigenvalue weighted by Gasteiger charge is 2.12. The first-order valence-electron chi connectivity index (χ1n) is 8.30. The van der Waals surface area contributed by atoms with E-state index in [1.807, 2.05) is 61.5 Å². The lowest BCUT2D eigenvalue weighted by molar-refractivity contribution is -0.112. The number of amides is 1. The lowest BCUT2D eigenvalue weighted by Crippen LogP contribution is -2.17. The number of anilines is 1. The summed E-state index contributed by atoms with van der Waals surface area (Å²) < 4.78 is 0. The van der Waals surface area contributed by atoms with Crippen molar-refractivity contribution in [3.8, 4) is 6.07 Å². The van der Waals surface area contributed by atoms with Crippen LogP contribution in [0.3, 0.4) is 0 Å². The van der Waals surface area contributed by atoms with Crippen LogP contribution in [-0.4, -0.2) is 5.91 Å². The minimum Gasteiger partial charge on any atom is -0.386 e. The van der Waals surface area contributed by atoms with Gasteiger partial charge in [-0.2, -0.15) is 5.26 Å². The van der Waals surface area contributed by atoms with Crippen LogP contribution in [0.2, 0.25) is 0 Å². The van der Waals surface area contributed by atoms with Crippen LogP contribution in [-0.2, 0) is 11.3 Å². The molecule has 0 saturated carbocycles. The number of nitrogens with zero attached hydrogens (tertiary/aromatic N) is 1. The predicted molar refractivity (Wildman–Crippen MR) is 101 cm³/mol. The number of nitriles is 1. The highest BCUT2D eigenvalue weighted by molar-refractivity contribution is 6.06. The molecular formula is C21H23N3O. The van der Waals surface area contributed by atoms with Gasteiger partial charge in [-0.05, 0) is 30.0 Å². The lowest BCUT2D eigenvalue weighted by atomic mass is 10.0. The molecule has 0 heterocycles. The van der Waals surface area contributed by atoms with Gasteiger partial charge < -0.3 is 10.6 Å². The maximum atomic E-state index is 12.4. The van der Waals surface area contributed by atoms with E-state index in [2.05, 4.69) is 24.5 Å². The molecule has 0 radical (unpaired) electrons. The molecule has 128 valence electrons. The number of nitrogens with one attached hydrogen (secondary N) is 2. The molecule has 0 unspecified atom stereocenters. The molecule has 2 aromatic carbocycles. The average Bonchev–Trinajstić information content (AvgIpc) is 2.60. The Morgan fingerprint density at radius 1 is 1.16 bits per heavy atom. The Bertz CT molecular complexity index is 799. The van der Waals surface area contributed by atoms with Gasteiger partial charge >= 0.3 is 0 Å². The van der Waals surface area contributed by atoms with Crippen molar-refractivity contribution >= 4 is 11.6 Å². The maximum absolute atomic E-state index is 12.4. The van der Waals surface area contributed by atoms with Crippen LogP contribution >= 0.6 is 0 Å². The zero-order chi connectivity index (χ0) is 18.2. The molecule has 0 aliphatic carbocycles. The number of rotatable bonds is 6. The van der Waals surface area contributed by atoms with E-state index in [0.717, 1.165) is 16.8 Å². The van der Waals surface area contributed by atoms with E-state index in [1.165, 1.54) is 11.8 Å². The van der Waals surface area contributed by atoms with E-state index in [9.17, 15) is 10.1 Å². The number of hydrogen-bond acceptors (Lipinski definition) is 3. The molecule has 0 saturated heterocycles. The van der Waals surface area contributed by atoms with Crippen molar-refractivity contribution in [1.82, 2.24) is 5.32 Å². The van der Waals surface area contributed by atoms with Crippen LogP contribution in [0.4, 0.5) is 5.69 Å². The maximum Gasteiger partial charge on any atom is 0.267 e. The van der Waals surface area contributed by atoms with E-state index in [-0.39, 0.29) is 11.5 Å². The first-order valence-corrected chi connectivity index (χ1v) is 8.30. The monoisotopic (exact) mass is 333 g/mol. The van der Waals surface area contributed by atoms with Gasteiger partial charge in [0.15, 0.2) is 0 Å². The van der Waals surface area contributed by atoms with Crippen molar-refractivity contribution in [2.24, 2.45) is 0 Å². The quantitative estimate of drug-likeness (QED) is 0.613. The van der Waals surface area contributed by atoms with E-state index in [0.29, 0.717) is 6.54 Å². The summed E-state index contributed by atoms with van der Waals surface area (Å²) >= 11 is 0. The zero-order valence-corrected chi connectivity index (χ0v) is 14.8. The molecule has 4 nitrogen and oxygen atoms in total. The van der Waals surface area contributed by atoms with E-state index >= 15 is 0 Å². The highest BCUT2D eigenvalue weighted by atomic mass is 16.1. The second kappa shape index (κ2) is 8.70. The molecule has 0 atom stereocenters. The molecule has 1 amide bonds. The van der Waals surface area contributed by atoms with Crippen molar-refractivity contribution in [2.45, 2.75) is 33.2 Å². The third-order valence-electron chi connectivity index (χ3n) is 3.87. The van der Waals surface area contributed by atoms with Crippen LogP contribution in [0.15, 0.2) is 60.3 Å². The SMILES string of the molecule is Cc1ccc(CN/C=C(/C#N)C(=O)Nc2ccccc2C(C)C)cc1. The molecule has 0 aliphatic rings. The number of benzene rings is 2. The Morgan fingerprint density at radius 2 is 1.84 bits per heavy atom. The summed E-state index contributed by atoms with van der Waals surface area (Å²) in [6, 6.07) is 17.7. The summed E-state index contributed by atoms with van der Waals surface area (Å²) in [6.45, 7) is 6.72. The molecule has 0 aliphatic heterocycles. The normalized spacial score (nSPS) is 11.1. The highest BCUT2D eigenvalue weighted by Crippen LogP contribution is 2.23. The van der Waals surface area contributed by atoms with E-state index in [1.54, 1.807) is 0 Å². The minimum atomic E-state index is -0.410. The van der Waals surface area contributed by atoms with Gasteiger partial charge in [0, 0.05) is 18.4 Å². The number of hydrogen-bond donors (Lipinski definition) is 2. The van der Waals surface area contributed by atoms with Gasteiger partial charge in [0.1, 0.15) is 11.6 Å². The number of para-hydroxylation sites is 1. The summed E-state index contributed by atoms with van der Waals surface area (Å²) in [5.74, 6) is -0.127. The second-order valence-corrected chi connectivity index (χ2v) is 6.23. The van der Waals surface area contributed by atoms with Crippen LogP contribution in [0.25, 0.3) is 0 Å². The standard InChI is InChI=1S/C21H23N3O/c1-15(2)19-6-4-5-7-20(19)24-21(25)18(12-22)14-23-13-17-10-8-16(3)9-11-17/h4-11,14-15,23H,13H2,1-3H3,(H,24,25)/b18-14-. The molecule has 0 bridgehead atoms. The Labute approximate surface area is 149 Å². The number of carbonyl (C=O) groups excluding carboxylic acids is 1. The molecule has 0 aromatic heterocycles. The van der Waals surface area contributed by atoms with E-state index in [4.69, 9.17) is 0 Å². The number of aryl methyl sites for hydroxylation is 1. The molecular weight excluding hydrogens is 310 g/mol. The van der Waals surface area contributed by atoms with Gasteiger partial charge in [-0.15, -0.1) is 0 Å². The molecule has 0 fully saturated rings. The van der Waals surface area contributed by atoms with Crippen LogP contribution in [0, 0.1) is 18.3 Å². The van der Waals surface area contributed by atoms with Gasteiger partial charge in [-0.3, -0.25) is 4.79 Å². The van der Waals surface area contributed by atoms with E-state index < -0.39 is 5.91 Å². The van der Waals surface area contributed by atoms with Crippen molar-refractivity contribution < 1.29 is 4.79 Å². The molecule has 0 spiro atoms. The van der Waals surface area contributed by atoms with Crippen LogP contribution in [0.1, 0.15) is 36.5 Å². The van der Waals surface area contributed by atoms with Gasteiger partial charge in [-0.25, -0.2) is 0 Å². The molecule has 2 N–H and O–H groups in total.